The molecule has 0 saturated heterocycles. The Kier molecular flexibility index (Phi) is 13.0. The van der Waals surface area contributed by atoms with Crippen LogP contribution < -0.4 is 21.7 Å². The van der Waals surface area contributed by atoms with Gasteiger partial charge in [-0.1, -0.05) is 42.5 Å². The Balaban J connectivity index is 2.19. The van der Waals surface area contributed by atoms with Gasteiger partial charge >= 0.3 is 5.97 Å². The van der Waals surface area contributed by atoms with Crippen molar-refractivity contribution in [2.45, 2.75) is 43.4 Å². The van der Waals surface area contributed by atoms with Crippen molar-refractivity contribution in [3.05, 3.63) is 65.7 Å². The molecule has 0 saturated carbocycles. The predicted molar refractivity (Wildman–Crippen MR) is 150 cm³/mol. The molecule has 0 spiro atoms. The average Bonchev–Trinajstić information content (AvgIpc) is 2.91. The van der Waals surface area contributed by atoms with Gasteiger partial charge in [-0.3, -0.25) is 14.4 Å². The van der Waals surface area contributed by atoms with E-state index in [-0.39, 0.29) is 30.8 Å². The number of rotatable bonds is 15. The minimum Gasteiger partial charge on any atom is -0.508 e. The Morgan fingerprint density at radius 1 is 0.842 bits per heavy atom. The van der Waals surface area contributed by atoms with Gasteiger partial charge in [0.15, 0.2) is 0 Å². The smallest absolute Gasteiger partial charge is 0.326 e. The highest BCUT2D eigenvalue weighted by molar-refractivity contribution is 7.98. The molecule has 206 valence electrons. The zero-order valence-electron chi connectivity index (χ0n) is 21.0. The lowest BCUT2D eigenvalue weighted by atomic mass is 10.0. The van der Waals surface area contributed by atoms with Crippen molar-refractivity contribution in [3.8, 4) is 5.75 Å². The van der Waals surface area contributed by atoms with Gasteiger partial charge in [-0.05, 0) is 41.7 Å². The molecular weight excluding hydrogens is 528 g/mol. The van der Waals surface area contributed by atoms with E-state index >= 15 is 0 Å². The van der Waals surface area contributed by atoms with Crippen LogP contribution in [0.2, 0.25) is 0 Å². The van der Waals surface area contributed by atoms with E-state index in [1.807, 2.05) is 24.5 Å². The van der Waals surface area contributed by atoms with Crippen molar-refractivity contribution in [1.82, 2.24) is 16.0 Å². The number of carbonyl (C=O) groups is 4. The molecule has 10 nitrogen and oxygen atoms in total. The van der Waals surface area contributed by atoms with E-state index in [1.54, 1.807) is 24.3 Å². The lowest BCUT2D eigenvalue weighted by molar-refractivity contribution is -0.142. The van der Waals surface area contributed by atoms with Crippen molar-refractivity contribution >= 4 is 48.1 Å². The van der Waals surface area contributed by atoms with Crippen LogP contribution in [0.25, 0.3) is 0 Å². The summed E-state index contributed by atoms with van der Waals surface area (Å²) in [6.07, 6.45) is 2.23. The van der Waals surface area contributed by atoms with Crippen molar-refractivity contribution in [2.24, 2.45) is 5.73 Å². The predicted octanol–water partition coefficient (Wildman–Crippen LogP) is 0.727. The van der Waals surface area contributed by atoms with Gasteiger partial charge in [-0.15, -0.1) is 0 Å². The minimum absolute atomic E-state index is 0.0150. The maximum absolute atomic E-state index is 13.3. The molecule has 0 aliphatic rings. The van der Waals surface area contributed by atoms with Crippen molar-refractivity contribution in [3.63, 3.8) is 0 Å². The normalized spacial score (nSPS) is 14.0. The second-order valence-electron chi connectivity index (χ2n) is 8.65. The van der Waals surface area contributed by atoms with Crippen LogP contribution in [0.1, 0.15) is 17.5 Å². The molecular formula is C26H34N4O6S2. The summed E-state index contributed by atoms with van der Waals surface area (Å²) in [6, 6.07) is 10.8. The van der Waals surface area contributed by atoms with Gasteiger partial charge in [-0.2, -0.15) is 24.4 Å². The number of aromatic hydroxyl groups is 1. The Bertz CT molecular complexity index is 1070. The molecule has 0 radical (unpaired) electrons. The SMILES string of the molecule is CSCCC(NC(=O)C(Cc1ccccc1)NC(=O)C(N)CS)C(=O)NC(Cc1ccc(O)cc1)C(=O)O. The van der Waals surface area contributed by atoms with E-state index < -0.39 is 47.9 Å². The number of phenolic OH excluding ortho intramolecular Hbond substituents is 1. The van der Waals surface area contributed by atoms with Crippen LogP contribution in [-0.4, -0.2) is 75.8 Å². The summed E-state index contributed by atoms with van der Waals surface area (Å²) in [5.74, 6) is -2.40. The number of hydrogen-bond donors (Lipinski definition) is 7. The van der Waals surface area contributed by atoms with Crippen LogP contribution in [0, 0.1) is 0 Å². The highest BCUT2D eigenvalue weighted by atomic mass is 32.2. The second kappa shape index (κ2) is 15.9. The molecule has 0 bridgehead atoms. The van der Waals surface area contributed by atoms with Gasteiger partial charge < -0.3 is 31.9 Å². The number of aliphatic carboxylic acids is 1. The summed E-state index contributed by atoms with van der Waals surface area (Å²) in [7, 11) is 0. The number of carbonyl (C=O) groups excluding carboxylic acids is 3. The minimum atomic E-state index is -1.26. The van der Waals surface area contributed by atoms with Gasteiger partial charge in [0.1, 0.15) is 23.9 Å². The number of amides is 3. The number of phenols is 1. The molecule has 2 aromatic carbocycles. The summed E-state index contributed by atoms with van der Waals surface area (Å²) in [5, 5.41) is 27.0. The topological polar surface area (TPSA) is 171 Å². The summed E-state index contributed by atoms with van der Waals surface area (Å²) < 4.78 is 0. The maximum atomic E-state index is 13.3. The highest BCUT2D eigenvalue weighted by Crippen LogP contribution is 2.12. The highest BCUT2D eigenvalue weighted by Gasteiger charge is 2.30. The fraction of sp³-hybridized carbons (Fsp3) is 0.385. The number of nitrogens with two attached hydrogens (primary N) is 1. The summed E-state index contributed by atoms with van der Waals surface area (Å²) in [5.41, 5.74) is 7.16. The number of hydrogen-bond acceptors (Lipinski definition) is 8. The largest absolute Gasteiger partial charge is 0.508 e. The van der Waals surface area contributed by atoms with Gasteiger partial charge in [-0.25, -0.2) is 4.79 Å². The number of carboxylic acids is 1. The van der Waals surface area contributed by atoms with Gasteiger partial charge in [0.2, 0.25) is 17.7 Å². The molecule has 12 heteroatoms. The van der Waals surface area contributed by atoms with Gasteiger partial charge in [0.05, 0.1) is 6.04 Å². The van der Waals surface area contributed by atoms with Crippen LogP contribution >= 0.6 is 24.4 Å². The molecule has 0 aliphatic carbocycles. The standard InChI is InChI=1S/C26H34N4O6S2/c1-38-12-11-20(24(33)30-22(26(35)36)14-17-7-9-18(31)10-8-17)28-25(34)21(29-23(32)19(27)15-37)13-16-5-3-2-4-6-16/h2-10,19-22,31,37H,11-15,27H2,1H3,(H,28,34)(H,29,32)(H,30,33)(H,35,36). The van der Waals surface area contributed by atoms with Crippen LogP contribution in [0.3, 0.4) is 0 Å². The van der Waals surface area contributed by atoms with Gasteiger partial charge in [0, 0.05) is 18.6 Å². The molecule has 4 atom stereocenters. The second-order valence-corrected chi connectivity index (χ2v) is 10.0. The van der Waals surface area contributed by atoms with Crippen molar-refractivity contribution in [2.75, 3.05) is 17.8 Å². The number of benzene rings is 2. The first kappa shape index (κ1) is 31.0. The van der Waals surface area contributed by atoms with Crippen LogP contribution in [-0.2, 0) is 32.0 Å². The van der Waals surface area contributed by atoms with E-state index in [1.165, 1.54) is 23.9 Å². The van der Waals surface area contributed by atoms with E-state index in [0.717, 1.165) is 5.56 Å². The maximum Gasteiger partial charge on any atom is 0.326 e. The molecule has 0 aromatic heterocycles. The number of nitrogens with one attached hydrogen (secondary N) is 3. The summed E-state index contributed by atoms with van der Waals surface area (Å²) >= 11 is 5.50. The van der Waals surface area contributed by atoms with E-state index in [2.05, 4.69) is 28.6 Å². The molecule has 4 unspecified atom stereocenters. The van der Waals surface area contributed by atoms with E-state index in [0.29, 0.717) is 11.3 Å². The zero-order chi connectivity index (χ0) is 28.1. The summed E-state index contributed by atoms with van der Waals surface area (Å²) in [6.45, 7) is 0. The number of carboxylic acid groups (broad SMARTS) is 1. The van der Waals surface area contributed by atoms with Crippen molar-refractivity contribution < 1.29 is 29.4 Å². The fourth-order valence-corrected chi connectivity index (χ4v) is 4.17. The Morgan fingerprint density at radius 2 is 1.37 bits per heavy atom. The lowest BCUT2D eigenvalue weighted by Gasteiger charge is -2.25. The zero-order valence-corrected chi connectivity index (χ0v) is 22.7. The van der Waals surface area contributed by atoms with Crippen LogP contribution in [0.5, 0.6) is 5.75 Å². The molecule has 2 aromatic rings. The Labute approximate surface area is 231 Å². The van der Waals surface area contributed by atoms with Gasteiger partial charge in [0.25, 0.3) is 0 Å². The molecule has 0 heterocycles. The Hall–Kier alpha value is -3.22. The van der Waals surface area contributed by atoms with Crippen molar-refractivity contribution in [1.29, 1.82) is 0 Å². The molecule has 0 aliphatic heterocycles. The molecule has 2 rings (SSSR count). The van der Waals surface area contributed by atoms with E-state index in [9.17, 15) is 29.4 Å². The first-order valence-corrected chi connectivity index (χ1v) is 14.0. The quantitative estimate of drug-likeness (QED) is 0.156. The number of thioether (sulfide) groups is 1. The molecule has 3 amide bonds. The summed E-state index contributed by atoms with van der Waals surface area (Å²) in [4.78, 5) is 50.8. The third-order valence-corrected chi connectivity index (χ3v) is 6.72. The molecule has 38 heavy (non-hydrogen) atoms. The third kappa shape index (κ3) is 10.3. The average molecular weight is 563 g/mol. The lowest BCUT2D eigenvalue weighted by Crippen LogP contribution is -2.58. The number of thiol groups is 1. The first-order chi connectivity index (χ1) is 18.1. The Morgan fingerprint density at radius 3 is 1.95 bits per heavy atom. The molecule has 0 fully saturated rings. The molecule has 7 N–H and O–H groups in total. The fourth-order valence-electron chi connectivity index (χ4n) is 3.54. The van der Waals surface area contributed by atoms with Crippen LogP contribution in [0.15, 0.2) is 54.6 Å². The monoisotopic (exact) mass is 562 g/mol. The first-order valence-electron chi connectivity index (χ1n) is 12.0. The van der Waals surface area contributed by atoms with E-state index in [4.69, 9.17) is 5.73 Å². The van der Waals surface area contributed by atoms with Crippen LogP contribution in [0.4, 0.5) is 0 Å². The third-order valence-electron chi connectivity index (χ3n) is 5.68.